The quantitative estimate of drug-likeness (QED) is 0.576. The van der Waals surface area contributed by atoms with E-state index in [4.69, 9.17) is 4.99 Å². The molecule has 1 amide bonds. The highest BCUT2D eigenvalue weighted by molar-refractivity contribution is 5.80. The molecule has 1 aromatic rings. The second-order valence-electron chi connectivity index (χ2n) is 7.07. The Morgan fingerprint density at radius 2 is 1.92 bits per heavy atom. The average Bonchev–Trinajstić information content (AvgIpc) is 3.08. The zero-order chi connectivity index (χ0) is 18.9. The third-order valence-corrected chi connectivity index (χ3v) is 4.47. The van der Waals surface area contributed by atoms with Crippen molar-refractivity contribution >= 4 is 11.9 Å². The molecule has 1 unspecified atom stereocenters. The van der Waals surface area contributed by atoms with Crippen LogP contribution in [0, 0.1) is 0 Å². The van der Waals surface area contributed by atoms with Gasteiger partial charge in [0.2, 0.25) is 5.91 Å². The van der Waals surface area contributed by atoms with E-state index in [0.717, 1.165) is 38.6 Å². The number of carbonyl (C=O) groups excluding carboxylic acids is 1. The lowest BCUT2D eigenvalue weighted by Crippen LogP contribution is -2.45. The Kier molecular flexibility index (Phi) is 7.91. The fourth-order valence-corrected chi connectivity index (χ4v) is 3.13. The molecule has 0 aromatic heterocycles. The SMILES string of the molecule is CCNC(=NCc1ccc(CN(C)C)cc1)NC1CCN(C(=O)CC)C1. The molecule has 1 aliphatic heterocycles. The summed E-state index contributed by atoms with van der Waals surface area (Å²) in [5.41, 5.74) is 2.50. The highest BCUT2D eigenvalue weighted by Gasteiger charge is 2.25. The van der Waals surface area contributed by atoms with Crippen molar-refractivity contribution in [2.75, 3.05) is 33.7 Å². The van der Waals surface area contributed by atoms with Crippen molar-refractivity contribution in [1.82, 2.24) is 20.4 Å². The molecule has 6 nitrogen and oxygen atoms in total. The molecule has 1 aliphatic rings. The second kappa shape index (κ2) is 10.2. The maximum absolute atomic E-state index is 11.8. The van der Waals surface area contributed by atoms with Crippen molar-refractivity contribution in [2.24, 2.45) is 4.99 Å². The van der Waals surface area contributed by atoms with Crippen LogP contribution in [0.15, 0.2) is 29.3 Å². The molecule has 1 fully saturated rings. The Morgan fingerprint density at radius 1 is 1.23 bits per heavy atom. The van der Waals surface area contributed by atoms with Gasteiger partial charge >= 0.3 is 0 Å². The first-order valence-electron chi connectivity index (χ1n) is 9.57. The van der Waals surface area contributed by atoms with Gasteiger partial charge in [-0.3, -0.25) is 4.79 Å². The highest BCUT2D eigenvalue weighted by atomic mass is 16.2. The molecule has 0 aliphatic carbocycles. The molecule has 1 aromatic carbocycles. The normalized spacial score (nSPS) is 17.7. The molecular weight excluding hydrogens is 326 g/mol. The lowest BCUT2D eigenvalue weighted by molar-refractivity contribution is -0.129. The number of nitrogens with zero attached hydrogens (tertiary/aromatic N) is 3. The molecule has 2 rings (SSSR count). The first-order valence-corrected chi connectivity index (χ1v) is 9.57. The summed E-state index contributed by atoms with van der Waals surface area (Å²) in [7, 11) is 4.15. The lowest BCUT2D eigenvalue weighted by atomic mass is 10.1. The van der Waals surface area contributed by atoms with Gasteiger partial charge in [0.25, 0.3) is 0 Å². The number of hydrogen-bond donors (Lipinski definition) is 2. The molecule has 1 heterocycles. The summed E-state index contributed by atoms with van der Waals surface area (Å²) in [6, 6.07) is 8.88. The maximum atomic E-state index is 11.8. The van der Waals surface area contributed by atoms with Crippen LogP contribution in [-0.2, 0) is 17.9 Å². The molecule has 0 spiro atoms. The first-order chi connectivity index (χ1) is 12.5. The van der Waals surface area contributed by atoms with Crippen LogP contribution in [0.1, 0.15) is 37.8 Å². The third kappa shape index (κ3) is 6.33. The van der Waals surface area contributed by atoms with Crippen LogP contribution in [0.25, 0.3) is 0 Å². The van der Waals surface area contributed by atoms with Crippen molar-refractivity contribution in [3.8, 4) is 0 Å². The number of nitrogens with one attached hydrogen (secondary N) is 2. The predicted octanol–water partition coefficient (Wildman–Crippen LogP) is 1.81. The monoisotopic (exact) mass is 359 g/mol. The Morgan fingerprint density at radius 3 is 2.54 bits per heavy atom. The summed E-state index contributed by atoms with van der Waals surface area (Å²) in [4.78, 5) is 20.6. The molecular formula is C20H33N5O. The molecule has 2 N–H and O–H groups in total. The van der Waals surface area contributed by atoms with Gasteiger partial charge in [-0.05, 0) is 38.6 Å². The van der Waals surface area contributed by atoms with Crippen LogP contribution in [-0.4, -0.2) is 61.4 Å². The Balaban J connectivity index is 1.91. The number of aliphatic imine (C=N–C) groups is 1. The topological polar surface area (TPSA) is 60.0 Å². The van der Waals surface area contributed by atoms with E-state index in [2.05, 4.69) is 60.8 Å². The highest BCUT2D eigenvalue weighted by Crippen LogP contribution is 2.11. The molecule has 144 valence electrons. The van der Waals surface area contributed by atoms with Gasteiger partial charge in [-0.15, -0.1) is 0 Å². The van der Waals surface area contributed by atoms with E-state index >= 15 is 0 Å². The molecule has 26 heavy (non-hydrogen) atoms. The van der Waals surface area contributed by atoms with Crippen LogP contribution in [0.2, 0.25) is 0 Å². The average molecular weight is 360 g/mol. The van der Waals surface area contributed by atoms with E-state index in [-0.39, 0.29) is 11.9 Å². The van der Waals surface area contributed by atoms with Crippen molar-refractivity contribution in [3.63, 3.8) is 0 Å². The van der Waals surface area contributed by atoms with Crippen LogP contribution in [0.5, 0.6) is 0 Å². The minimum absolute atomic E-state index is 0.231. The number of rotatable bonds is 7. The van der Waals surface area contributed by atoms with Gasteiger partial charge in [0.1, 0.15) is 0 Å². The number of hydrogen-bond acceptors (Lipinski definition) is 3. The molecule has 6 heteroatoms. The zero-order valence-corrected chi connectivity index (χ0v) is 16.6. The van der Waals surface area contributed by atoms with Crippen molar-refractivity contribution in [2.45, 2.75) is 45.8 Å². The number of likely N-dealkylation sites (tertiary alicyclic amines) is 1. The van der Waals surface area contributed by atoms with E-state index < -0.39 is 0 Å². The molecule has 0 radical (unpaired) electrons. The fourth-order valence-electron chi connectivity index (χ4n) is 3.13. The van der Waals surface area contributed by atoms with Gasteiger partial charge in [0.05, 0.1) is 6.54 Å². The Bertz CT molecular complexity index is 597. The number of guanidine groups is 1. The van der Waals surface area contributed by atoms with Gasteiger partial charge in [-0.2, -0.15) is 0 Å². The standard InChI is InChI=1S/C20H33N5O/c1-5-19(26)25-12-11-18(15-25)23-20(21-6-2)22-13-16-7-9-17(10-8-16)14-24(3)4/h7-10,18H,5-6,11-15H2,1-4H3,(H2,21,22,23). The molecule has 1 atom stereocenters. The van der Waals surface area contributed by atoms with Gasteiger partial charge < -0.3 is 20.4 Å². The largest absolute Gasteiger partial charge is 0.357 e. The summed E-state index contributed by atoms with van der Waals surface area (Å²) in [5.74, 6) is 1.05. The summed E-state index contributed by atoms with van der Waals surface area (Å²) in [6.45, 7) is 7.98. The van der Waals surface area contributed by atoms with Crippen molar-refractivity contribution < 1.29 is 4.79 Å². The second-order valence-corrected chi connectivity index (χ2v) is 7.07. The van der Waals surface area contributed by atoms with Gasteiger partial charge in [-0.25, -0.2) is 4.99 Å². The van der Waals surface area contributed by atoms with E-state index in [9.17, 15) is 4.79 Å². The minimum atomic E-state index is 0.231. The van der Waals surface area contributed by atoms with E-state index in [0.29, 0.717) is 13.0 Å². The summed E-state index contributed by atoms with van der Waals surface area (Å²) in [6.07, 6.45) is 1.54. The van der Waals surface area contributed by atoms with Crippen LogP contribution in [0.3, 0.4) is 0 Å². The van der Waals surface area contributed by atoms with E-state index in [1.807, 2.05) is 11.8 Å². The van der Waals surface area contributed by atoms with Gasteiger partial charge in [-0.1, -0.05) is 31.2 Å². The fraction of sp³-hybridized carbons (Fsp3) is 0.600. The van der Waals surface area contributed by atoms with Crippen LogP contribution in [0.4, 0.5) is 0 Å². The zero-order valence-electron chi connectivity index (χ0n) is 16.6. The van der Waals surface area contributed by atoms with Crippen LogP contribution >= 0.6 is 0 Å². The summed E-state index contributed by atoms with van der Waals surface area (Å²) in [5, 5.41) is 6.78. The third-order valence-electron chi connectivity index (χ3n) is 4.47. The van der Waals surface area contributed by atoms with E-state index in [1.54, 1.807) is 0 Å². The maximum Gasteiger partial charge on any atom is 0.222 e. The van der Waals surface area contributed by atoms with Gasteiger partial charge in [0, 0.05) is 38.6 Å². The number of carbonyl (C=O) groups is 1. The van der Waals surface area contributed by atoms with Gasteiger partial charge in [0.15, 0.2) is 5.96 Å². The van der Waals surface area contributed by atoms with Crippen LogP contribution < -0.4 is 10.6 Å². The molecule has 0 saturated carbocycles. The van der Waals surface area contributed by atoms with E-state index in [1.165, 1.54) is 11.1 Å². The molecule has 1 saturated heterocycles. The first kappa shape index (κ1) is 20.2. The smallest absolute Gasteiger partial charge is 0.222 e. The molecule has 0 bridgehead atoms. The lowest BCUT2D eigenvalue weighted by Gasteiger charge is -2.18. The summed E-state index contributed by atoms with van der Waals surface area (Å²) < 4.78 is 0. The Labute approximate surface area is 157 Å². The number of amides is 1. The minimum Gasteiger partial charge on any atom is -0.357 e. The predicted molar refractivity (Wildman–Crippen MR) is 107 cm³/mol. The van der Waals surface area contributed by atoms with Crippen molar-refractivity contribution in [1.29, 1.82) is 0 Å². The Hall–Kier alpha value is -2.08. The summed E-state index contributed by atoms with van der Waals surface area (Å²) >= 11 is 0. The number of benzene rings is 1. The van der Waals surface area contributed by atoms with Crippen molar-refractivity contribution in [3.05, 3.63) is 35.4 Å².